The van der Waals surface area contributed by atoms with Gasteiger partial charge in [-0.05, 0) is 227 Å². The molecule has 0 bridgehead atoms. The molecule has 0 fully saturated rings. The Balaban J connectivity index is 0.971. The summed E-state index contributed by atoms with van der Waals surface area (Å²) in [5, 5.41) is 0. The summed E-state index contributed by atoms with van der Waals surface area (Å²) in [6.45, 7) is 22.9. The quantitative estimate of drug-likeness (QED) is 0.143. The zero-order valence-electron chi connectivity index (χ0n) is 48.9. The molecule has 3 heteroatoms. The van der Waals surface area contributed by atoms with E-state index >= 15 is 0 Å². The highest BCUT2D eigenvalue weighted by atomic mass is 15.2. The summed E-state index contributed by atoms with van der Waals surface area (Å²) in [6.07, 6.45) is 0. The third kappa shape index (κ3) is 7.62. The summed E-state index contributed by atoms with van der Waals surface area (Å²) in [6, 6.07) is 89.9. The highest BCUT2D eigenvalue weighted by molar-refractivity contribution is 5.92. The first kappa shape index (κ1) is 51.0. The lowest BCUT2D eigenvalue weighted by Gasteiger charge is -2.46. The molecular formula is C79H69N3. The third-order valence-corrected chi connectivity index (χ3v) is 19.0. The molecule has 1 aliphatic heterocycles. The number of rotatable bonds is 9. The Morgan fingerprint density at radius 2 is 0.622 bits per heavy atom. The van der Waals surface area contributed by atoms with Gasteiger partial charge in [-0.2, -0.15) is 0 Å². The Bertz CT molecular complexity index is 4090. The van der Waals surface area contributed by atoms with Gasteiger partial charge in [-0.25, -0.2) is 0 Å². The van der Waals surface area contributed by atoms with Crippen molar-refractivity contribution in [3.63, 3.8) is 0 Å². The van der Waals surface area contributed by atoms with E-state index in [1.54, 1.807) is 0 Å². The second-order valence-corrected chi connectivity index (χ2v) is 24.5. The van der Waals surface area contributed by atoms with Crippen LogP contribution < -0.4 is 14.7 Å². The molecule has 0 unspecified atom stereocenters. The maximum absolute atomic E-state index is 2.49. The predicted octanol–water partition coefficient (Wildman–Crippen LogP) is 21.3. The Kier molecular flexibility index (Phi) is 11.8. The minimum Gasteiger partial charge on any atom is -0.310 e. The zero-order valence-corrected chi connectivity index (χ0v) is 48.9. The molecule has 0 aromatic heterocycles. The van der Waals surface area contributed by atoms with Gasteiger partial charge in [0.1, 0.15) is 0 Å². The van der Waals surface area contributed by atoms with E-state index in [4.69, 9.17) is 0 Å². The van der Waals surface area contributed by atoms with E-state index in [2.05, 4.69) is 321 Å². The fourth-order valence-corrected chi connectivity index (χ4v) is 14.5. The van der Waals surface area contributed by atoms with Crippen LogP contribution in [-0.4, -0.2) is 0 Å². The zero-order chi connectivity index (χ0) is 56.4. The van der Waals surface area contributed by atoms with Gasteiger partial charge >= 0.3 is 0 Å². The molecule has 3 nitrogen and oxygen atoms in total. The fraction of sp³-hybridized carbons (Fsp3) is 0.165. The van der Waals surface area contributed by atoms with E-state index in [-0.39, 0.29) is 10.8 Å². The fourth-order valence-electron chi connectivity index (χ4n) is 14.5. The SMILES string of the molecule is Cc1cc(C)c(N(c2ccc(C3(c4ccc(N(c5ccc6c(c5)C(C)(C)c5ccccc5-6)c5cc(C)c(C)cc5C)cc4)c4ccccc4N(c4ccccc4)c4ccccc43)cc2)c2ccc3c(c2)C(C)(C)c2ccccc2-3)cc1C. The van der Waals surface area contributed by atoms with Crippen molar-refractivity contribution in [2.45, 2.75) is 85.5 Å². The molecule has 0 saturated carbocycles. The molecule has 2 aliphatic carbocycles. The van der Waals surface area contributed by atoms with Crippen LogP contribution in [0.5, 0.6) is 0 Å². The summed E-state index contributed by atoms with van der Waals surface area (Å²) < 4.78 is 0. The van der Waals surface area contributed by atoms with Gasteiger partial charge in [0.2, 0.25) is 0 Å². The van der Waals surface area contributed by atoms with E-state index in [0.717, 1.165) is 39.8 Å². The summed E-state index contributed by atoms with van der Waals surface area (Å²) in [5.41, 5.74) is 32.5. The Morgan fingerprint density at radius 1 is 0.280 bits per heavy atom. The van der Waals surface area contributed by atoms with Crippen LogP contribution in [0.1, 0.15) is 106 Å². The highest BCUT2D eigenvalue weighted by Gasteiger charge is 2.47. The largest absolute Gasteiger partial charge is 0.310 e. The van der Waals surface area contributed by atoms with Gasteiger partial charge in [0.15, 0.2) is 0 Å². The van der Waals surface area contributed by atoms with Crippen molar-refractivity contribution in [1.82, 2.24) is 0 Å². The topological polar surface area (TPSA) is 9.72 Å². The molecule has 0 N–H and O–H groups in total. The molecule has 82 heavy (non-hydrogen) atoms. The minimum absolute atomic E-state index is 0.146. The lowest BCUT2D eigenvalue weighted by molar-refractivity contribution is 0.660. The molecular weight excluding hydrogens is 991 g/mol. The molecule has 400 valence electrons. The van der Waals surface area contributed by atoms with Crippen LogP contribution in [-0.2, 0) is 16.2 Å². The van der Waals surface area contributed by atoms with Gasteiger partial charge < -0.3 is 14.7 Å². The average molecular weight is 1060 g/mol. The second-order valence-electron chi connectivity index (χ2n) is 24.5. The number of benzene rings is 11. The van der Waals surface area contributed by atoms with Crippen molar-refractivity contribution in [2.24, 2.45) is 0 Å². The number of fused-ring (bicyclic) bond motifs is 8. The molecule has 0 atom stereocenters. The van der Waals surface area contributed by atoms with E-state index in [0.29, 0.717) is 0 Å². The van der Waals surface area contributed by atoms with Crippen molar-refractivity contribution in [2.75, 3.05) is 14.7 Å². The highest BCUT2D eigenvalue weighted by Crippen LogP contribution is 2.59. The van der Waals surface area contributed by atoms with E-state index in [9.17, 15) is 0 Å². The van der Waals surface area contributed by atoms with Gasteiger partial charge in [-0.3, -0.25) is 0 Å². The van der Waals surface area contributed by atoms with Gasteiger partial charge in [0.05, 0.1) is 16.8 Å². The van der Waals surface area contributed by atoms with Gasteiger partial charge in [-0.1, -0.05) is 179 Å². The lowest BCUT2D eigenvalue weighted by atomic mass is 9.62. The first-order chi connectivity index (χ1) is 39.7. The number of hydrogen-bond acceptors (Lipinski definition) is 3. The second kappa shape index (κ2) is 19.0. The molecule has 0 saturated heterocycles. The summed E-state index contributed by atoms with van der Waals surface area (Å²) in [7, 11) is 0. The first-order valence-corrected chi connectivity index (χ1v) is 29.2. The monoisotopic (exact) mass is 1060 g/mol. The summed E-state index contributed by atoms with van der Waals surface area (Å²) in [5.74, 6) is 0. The molecule has 3 aliphatic rings. The van der Waals surface area contributed by atoms with Crippen molar-refractivity contribution in [3.05, 3.63) is 314 Å². The van der Waals surface area contributed by atoms with Crippen molar-refractivity contribution in [3.8, 4) is 22.3 Å². The van der Waals surface area contributed by atoms with Crippen LogP contribution in [0.4, 0.5) is 51.2 Å². The molecule has 14 rings (SSSR count). The van der Waals surface area contributed by atoms with Crippen LogP contribution in [0.2, 0.25) is 0 Å². The van der Waals surface area contributed by atoms with Gasteiger partial charge in [0, 0.05) is 50.6 Å². The lowest BCUT2D eigenvalue weighted by Crippen LogP contribution is -2.37. The predicted molar refractivity (Wildman–Crippen MR) is 346 cm³/mol. The van der Waals surface area contributed by atoms with Crippen molar-refractivity contribution < 1.29 is 0 Å². The number of anilines is 9. The van der Waals surface area contributed by atoms with Crippen molar-refractivity contribution >= 4 is 51.2 Å². The van der Waals surface area contributed by atoms with Crippen LogP contribution in [0.25, 0.3) is 22.3 Å². The third-order valence-electron chi connectivity index (χ3n) is 19.0. The maximum Gasteiger partial charge on any atom is 0.0742 e. The minimum atomic E-state index is -0.731. The van der Waals surface area contributed by atoms with E-state index in [1.165, 1.54) is 112 Å². The van der Waals surface area contributed by atoms with Crippen LogP contribution in [0.15, 0.2) is 237 Å². The standard InChI is InChI=1S/C79H69N3/c1-50-44-54(5)75(46-52(50)3)80(61-40-42-65-63-24-14-16-26-67(63)77(7,8)71(65)48-61)59-36-32-56(33-37-59)79(69-28-18-20-30-73(69)82(58-22-12-11-13-23-58)74-31-21-19-29-70(74)79)57-34-38-60(39-35-57)81(76-47-53(4)51(2)45-55(76)6)62-41-43-66-64-25-15-17-27-68(64)78(9,10)72(66)49-62/h11-49H,1-10H3. The number of hydrogen-bond donors (Lipinski definition) is 0. The van der Waals surface area contributed by atoms with Crippen LogP contribution in [0.3, 0.4) is 0 Å². The Morgan fingerprint density at radius 3 is 1.05 bits per heavy atom. The molecule has 0 amide bonds. The first-order valence-electron chi connectivity index (χ1n) is 29.2. The average Bonchev–Trinajstić information content (AvgIpc) is 1.34. The van der Waals surface area contributed by atoms with Crippen LogP contribution in [0, 0.1) is 41.5 Å². The van der Waals surface area contributed by atoms with E-state index in [1.807, 2.05) is 0 Å². The Hall–Kier alpha value is -9.18. The van der Waals surface area contributed by atoms with Gasteiger partial charge in [-0.15, -0.1) is 0 Å². The maximum atomic E-state index is 2.49. The smallest absolute Gasteiger partial charge is 0.0742 e. The Labute approximate surface area is 485 Å². The number of para-hydroxylation sites is 3. The van der Waals surface area contributed by atoms with Gasteiger partial charge in [0.25, 0.3) is 0 Å². The molecule has 11 aromatic rings. The molecule has 1 heterocycles. The summed E-state index contributed by atoms with van der Waals surface area (Å²) in [4.78, 5) is 7.45. The molecule has 0 radical (unpaired) electrons. The number of aryl methyl sites for hydroxylation is 6. The van der Waals surface area contributed by atoms with E-state index < -0.39 is 5.41 Å². The van der Waals surface area contributed by atoms with Crippen LogP contribution >= 0.6 is 0 Å². The van der Waals surface area contributed by atoms with Crippen molar-refractivity contribution in [1.29, 1.82) is 0 Å². The normalized spacial score (nSPS) is 14.5. The molecule has 11 aromatic carbocycles. The number of nitrogens with zero attached hydrogens (tertiary/aromatic N) is 3. The molecule has 0 spiro atoms. The summed E-state index contributed by atoms with van der Waals surface area (Å²) >= 11 is 0.